The van der Waals surface area contributed by atoms with Crippen LogP contribution in [0.1, 0.15) is 10.5 Å². The van der Waals surface area contributed by atoms with Gasteiger partial charge in [0.15, 0.2) is 6.29 Å². The number of aryl methyl sites for hydroxylation is 1. The van der Waals surface area contributed by atoms with Gasteiger partial charge in [0.2, 0.25) is 0 Å². The van der Waals surface area contributed by atoms with Crippen LogP contribution in [0.2, 0.25) is 0 Å². The van der Waals surface area contributed by atoms with Crippen LogP contribution in [0.4, 0.5) is 12.9 Å². The lowest BCUT2D eigenvalue weighted by molar-refractivity contribution is 0.111. The van der Waals surface area contributed by atoms with Gasteiger partial charge in [0, 0.05) is 12.6 Å². The molecule has 1 aromatic rings. The molecule has 0 aliphatic rings. The van der Waals surface area contributed by atoms with Gasteiger partial charge in [-0.05, 0) is 0 Å². The molecule has 1 aromatic heterocycles. The molecule has 0 unspecified atom stereocenters. The molecule has 0 aliphatic heterocycles. The molecule has 12 heavy (non-hydrogen) atoms. The van der Waals surface area contributed by atoms with E-state index in [0.717, 1.165) is 0 Å². The molecule has 66 valence electrons. The first-order chi connectivity index (χ1) is 5.45. The standard InChI is InChI=1S/C4H4BF3N3O/c1-11-9-3(2-12)4(10-11)5(6,7)8/h2H,1H3/q-1. The number of nitrogens with zero attached hydrogens (tertiary/aromatic N) is 3. The molecular weight excluding hydrogens is 174 g/mol. The summed E-state index contributed by atoms with van der Waals surface area (Å²) in [7, 11) is 1.22. The average molecular weight is 178 g/mol. The highest BCUT2D eigenvalue weighted by molar-refractivity contribution is 6.73. The lowest BCUT2D eigenvalue weighted by Crippen LogP contribution is -2.38. The Morgan fingerprint density at radius 2 is 2.00 bits per heavy atom. The third-order valence-electron chi connectivity index (χ3n) is 1.19. The van der Waals surface area contributed by atoms with Crippen LogP contribution in [0, 0.1) is 0 Å². The van der Waals surface area contributed by atoms with E-state index in [1.807, 2.05) is 0 Å². The molecule has 0 spiro atoms. The number of carbonyl (C=O) groups excluding carboxylic acids is 1. The minimum atomic E-state index is -5.24. The Balaban J connectivity index is 3.22. The number of rotatable bonds is 2. The van der Waals surface area contributed by atoms with Crippen LogP contribution in [-0.4, -0.2) is 28.3 Å². The van der Waals surface area contributed by atoms with Crippen molar-refractivity contribution in [2.24, 2.45) is 7.05 Å². The van der Waals surface area contributed by atoms with Gasteiger partial charge in [0.1, 0.15) is 5.69 Å². The minimum Gasteiger partial charge on any atom is -0.444 e. The Morgan fingerprint density at radius 1 is 1.42 bits per heavy atom. The first-order valence-electron chi connectivity index (χ1n) is 3.01. The second-order valence-electron chi connectivity index (χ2n) is 2.15. The molecule has 0 aromatic carbocycles. The largest absolute Gasteiger partial charge is 0.531 e. The quantitative estimate of drug-likeness (QED) is 0.460. The maximum atomic E-state index is 12.0. The van der Waals surface area contributed by atoms with Gasteiger partial charge in [-0.3, -0.25) is 4.79 Å². The molecule has 0 fully saturated rings. The lowest BCUT2D eigenvalue weighted by Gasteiger charge is -2.09. The van der Waals surface area contributed by atoms with E-state index in [9.17, 15) is 17.7 Å². The van der Waals surface area contributed by atoms with Gasteiger partial charge < -0.3 is 12.9 Å². The fourth-order valence-corrected chi connectivity index (χ4v) is 0.754. The van der Waals surface area contributed by atoms with Crippen molar-refractivity contribution in [3.8, 4) is 0 Å². The van der Waals surface area contributed by atoms with Crippen LogP contribution >= 0.6 is 0 Å². The molecule has 0 saturated carbocycles. The van der Waals surface area contributed by atoms with Crippen molar-refractivity contribution in [3.05, 3.63) is 5.69 Å². The summed E-state index contributed by atoms with van der Waals surface area (Å²) >= 11 is 0. The summed E-state index contributed by atoms with van der Waals surface area (Å²) < 4.78 is 36.1. The number of aldehydes is 1. The SMILES string of the molecule is Cn1nc(C=O)c([B-](F)(F)F)n1. The zero-order valence-electron chi connectivity index (χ0n) is 6.04. The van der Waals surface area contributed by atoms with Gasteiger partial charge in [-0.25, -0.2) is 0 Å². The van der Waals surface area contributed by atoms with E-state index in [1.165, 1.54) is 7.05 Å². The van der Waals surface area contributed by atoms with Gasteiger partial charge in [-0.15, -0.1) is 0 Å². The summed E-state index contributed by atoms with van der Waals surface area (Å²) in [6, 6.07) is 0. The number of hydrogen-bond donors (Lipinski definition) is 0. The number of carbonyl (C=O) groups is 1. The predicted molar refractivity (Wildman–Crippen MR) is 35.1 cm³/mol. The van der Waals surface area contributed by atoms with Gasteiger partial charge in [0.05, 0.1) is 0 Å². The summed E-state index contributed by atoms with van der Waals surface area (Å²) in [6.07, 6.45) is 0.0393. The van der Waals surface area contributed by atoms with E-state index >= 15 is 0 Å². The molecule has 0 amide bonds. The second kappa shape index (κ2) is 2.61. The van der Waals surface area contributed by atoms with Crippen molar-refractivity contribution in [3.63, 3.8) is 0 Å². The lowest BCUT2D eigenvalue weighted by atomic mass is 9.85. The number of hydrogen-bond acceptors (Lipinski definition) is 3. The Bertz CT molecular complexity index is 307. The van der Waals surface area contributed by atoms with Crippen molar-refractivity contribution in [1.82, 2.24) is 15.0 Å². The molecule has 0 radical (unpaired) electrons. The molecule has 1 rings (SSSR count). The van der Waals surface area contributed by atoms with Crippen molar-refractivity contribution in [2.75, 3.05) is 0 Å². The Morgan fingerprint density at radius 3 is 2.33 bits per heavy atom. The highest BCUT2D eigenvalue weighted by atomic mass is 19.4. The molecule has 0 N–H and O–H groups in total. The summed E-state index contributed by atoms with van der Waals surface area (Å²) in [6.45, 7) is -5.24. The molecule has 4 nitrogen and oxygen atoms in total. The van der Waals surface area contributed by atoms with Crippen LogP contribution in [0.5, 0.6) is 0 Å². The second-order valence-corrected chi connectivity index (χ2v) is 2.15. The first kappa shape index (κ1) is 8.76. The fourth-order valence-electron chi connectivity index (χ4n) is 0.754. The monoisotopic (exact) mass is 178 g/mol. The molecule has 8 heteroatoms. The van der Waals surface area contributed by atoms with E-state index < -0.39 is 18.3 Å². The van der Waals surface area contributed by atoms with Crippen molar-refractivity contribution in [2.45, 2.75) is 0 Å². The zero-order valence-corrected chi connectivity index (χ0v) is 6.04. The van der Waals surface area contributed by atoms with Crippen LogP contribution in [0.25, 0.3) is 0 Å². The third-order valence-corrected chi connectivity index (χ3v) is 1.19. The van der Waals surface area contributed by atoms with E-state index in [4.69, 9.17) is 0 Å². The summed E-state index contributed by atoms with van der Waals surface area (Å²) in [5.41, 5.74) is -1.85. The van der Waals surface area contributed by atoms with Crippen LogP contribution < -0.4 is 5.59 Å². The Hall–Kier alpha value is -1.34. The van der Waals surface area contributed by atoms with E-state index in [2.05, 4.69) is 10.2 Å². The summed E-state index contributed by atoms with van der Waals surface area (Å²) in [5.74, 6) is 0. The number of aromatic nitrogens is 3. The van der Waals surface area contributed by atoms with E-state index in [0.29, 0.717) is 4.80 Å². The third kappa shape index (κ3) is 1.46. The first-order valence-corrected chi connectivity index (χ1v) is 3.01. The zero-order chi connectivity index (χ0) is 9.35. The van der Waals surface area contributed by atoms with Gasteiger partial charge in [0.25, 0.3) is 0 Å². The maximum Gasteiger partial charge on any atom is 0.531 e. The van der Waals surface area contributed by atoms with E-state index in [-0.39, 0.29) is 6.29 Å². The Kier molecular flexibility index (Phi) is 1.91. The highest BCUT2D eigenvalue weighted by Gasteiger charge is 2.32. The van der Waals surface area contributed by atoms with Crippen molar-refractivity contribution < 1.29 is 17.7 Å². The Labute approximate surface area is 65.4 Å². The topological polar surface area (TPSA) is 47.8 Å². The normalized spacial score (nSPS) is 11.7. The smallest absolute Gasteiger partial charge is 0.444 e. The molecule has 1 heterocycles. The maximum absolute atomic E-state index is 12.0. The van der Waals surface area contributed by atoms with Crippen LogP contribution in [0.3, 0.4) is 0 Å². The van der Waals surface area contributed by atoms with Gasteiger partial charge in [-0.2, -0.15) is 15.0 Å². The predicted octanol–water partition coefficient (Wildman–Crippen LogP) is -0.318. The van der Waals surface area contributed by atoms with E-state index in [1.54, 1.807) is 0 Å². The fraction of sp³-hybridized carbons (Fsp3) is 0.250. The van der Waals surface area contributed by atoms with Gasteiger partial charge >= 0.3 is 6.98 Å². The highest BCUT2D eigenvalue weighted by Crippen LogP contribution is 2.07. The molecule has 0 bridgehead atoms. The summed E-state index contributed by atoms with van der Waals surface area (Å²) in [4.78, 5) is 10.8. The van der Waals surface area contributed by atoms with Crippen molar-refractivity contribution >= 4 is 18.9 Å². The average Bonchev–Trinajstić information content (AvgIpc) is 2.29. The summed E-state index contributed by atoms with van der Waals surface area (Å²) in [5, 5.41) is 6.26. The number of halogens is 3. The van der Waals surface area contributed by atoms with Crippen LogP contribution in [0.15, 0.2) is 0 Å². The molecule has 0 saturated heterocycles. The molecule has 0 atom stereocenters. The minimum absolute atomic E-state index is 0.0393. The van der Waals surface area contributed by atoms with Gasteiger partial charge in [-0.1, -0.05) is 0 Å². The molecule has 0 aliphatic carbocycles. The van der Waals surface area contributed by atoms with Crippen LogP contribution in [-0.2, 0) is 7.05 Å². The molecular formula is C4H4BF3N3O-. The van der Waals surface area contributed by atoms with Crippen molar-refractivity contribution in [1.29, 1.82) is 0 Å².